The molecule has 1 aromatic heterocycles. The molecule has 100 valence electrons. The highest BCUT2D eigenvalue weighted by atomic mass is 79.9. The van der Waals surface area contributed by atoms with Crippen LogP contribution in [0.4, 0.5) is 5.69 Å². The van der Waals surface area contributed by atoms with Crippen LogP contribution in [0.2, 0.25) is 0 Å². The Hall–Kier alpha value is -0.840. The molecule has 18 heavy (non-hydrogen) atoms. The van der Waals surface area contributed by atoms with Gasteiger partial charge in [0.25, 0.3) is 5.56 Å². The largest absolute Gasteiger partial charge is 0.379 e. The van der Waals surface area contributed by atoms with Crippen molar-refractivity contribution in [1.82, 2.24) is 9.78 Å². The maximum absolute atomic E-state index is 11.8. The lowest BCUT2D eigenvalue weighted by molar-refractivity contribution is 0.217. The number of aryl methyl sites for hydroxylation is 1. The van der Waals surface area contributed by atoms with Crippen molar-refractivity contribution in [3.8, 4) is 0 Å². The van der Waals surface area contributed by atoms with Gasteiger partial charge in [-0.2, -0.15) is 5.10 Å². The number of aromatic nitrogens is 2. The molecule has 1 fully saturated rings. The summed E-state index contributed by atoms with van der Waals surface area (Å²) in [7, 11) is 1.65. The zero-order chi connectivity index (χ0) is 13.3. The van der Waals surface area contributed by atoms with Crippen LogP contribution in [-0.4, -0.2) is 15.8 Å². The predicted molar refractivity (Wildman–Crippen MR) is 76.8 cm³/mol. The zero-order valence-electron chi connectivity index (χ0n) is 11.2. The molecule has 0 saturated heterocycles. The number of hydrogen-bond acceptors (Lipinski definition) is 3. The summed E-state index contributed by atoms with van der Waals surface area (Å²) in [6, 6.07) is 0.399. The molecule has 1 heterocycles. The van der Waals surface area contributed by atoms with Crippen LogP contribution in [0.1, 0.15) is 39.5 Å². The van der Waals surface area contributed by atoms with E-state index in [1.807, 2.05) is 0 Å². The first kappa shape index (κ1) is 13.6. The van der Waals surface area contributed by atoms with Crippen LogP contribution in [0, 0.1) is 5.41 Å². The van der Waals surface area contributed by atoms with E-state index < -0.39 is 0 Å². The fraction of sp³-hybridized carbons (Fsp3) is 0.692. The molecule has 1 N–H and O–H groups in total. The number of nitrogens with one attached hydrogen (secondary N) is 1. The molecule has 0 aliphatic heterocycles. The number of halogens is 1. The molecule has 5 heteroatoms. The third-order valence-corrected chi connectivity index (χ3v) is 4.68. The minimum atomic E-state index is -0.103. The highest BCUT2D eigenvalue weighted by Crippen LogP contribution is 2.37. The second kappa shape index (κ2) is 5.03. The fourth-order valence-electron chi connectivity index (χ4n) is 2.56. The van der Waals surface area contributed by atoms with Crippen LogP contribution in [0.5, 0.6) is 0 Å². The smallest absolute Gasteiger partial charge is 0.282 e. The van der Waals surface area contributed by atoms with Crippen molar-refractivity contribution in [2.24, 2.45) is 12.5 Å². The Balaban J connectivity index is 2.24. The Kier molecular flexibility index (Phi) is 3.80. The van der Waals surface area contributed by atoms with Crippen molar-refractivity contribution >= 4 is 21.6 Å². The van der Waals surface area contributed by atoms with E-state index in [1.165, 1.54) is 23.9 Å². The van der Waals surface area contributed by atoms with Crippen LogP contribution in [-0.2, 0) is 7.05 Å². The second-order valence-corrected chi connectivity index (χ2v) is 6.53. The summed E-state index contributed by atoms with van der Waals surface area (Å²) in [5.41, 5.74) is 0.963. The van der Waals surface area contributed by atoms with Gasteiger partial charge >= 0.3 is 0 Å². The Morgan fingerprint density at radius 3 is 2.89 bits per heavy atom. The van der Waals surface area contributed by atoms with Gasteiger partial charge in [0.1, 0.15) is 4.47 Å². The van der Waals surface area contributed by atoms with Crippen LogP contribution >= 0.6 is 15.9 Å². The molecule has 1 aromatic rings. The molecule has 1 atom stereocenters. The maximum atomic E-state index is 11.8. The Labute approximate surface area is 116 Å². The first-order valence-corrected chi connectivity index (χ1v) is 7.19. The van der Waals surface area contributed by atoms with Crippen molar-refractivity contribution < 1.29 is 0 Å². The SMILES string of the molecule is Cn1ncc(NC2CCCCC2(C)C)c(Br)c1=O. The first-order chi connectivity index (χ1) is 8.42. The van der Waals surface area contributed by atoms with E-state index in [1.54, 1.807) is 13.2 Å². The van der Waals surface area contributed by atoms with Gasteiger partial charge in [0, 0.05) is 13.1 Å². The number of anilines is 1. The van der Waals surface area contributed by atoms with Crippen molar-refractivity contribution in [3.05, 3.63) is 21.0 Å². The quantitative estimate of drug-likeness (QED) is 0.913. The van der Waals surface area contributed by atoms with Crippen molar-refractivity contribution in [1.29, 1.82) is 0 Å². The molecule has 1 saturated carbocycles. The van der Waals surface area contributed by atoms with Crippen LogP contribution in [0.15, 0.2) is 15.5 Å². The highest BCUT2D eigenvalue weighted by Gasteiger charge is 2.32. The van der Waals surface area contributed by atoms with Gasteiger partial charge in [-0.05, 0) is 34.2 Å². The molecule has 0 amide bonds. The zero-order valence-corrected chi connectivity index (χ0v) is 12.7. The van der Waals surface area contributed by atoms with Gasteiger partial charge in [0.05, 0.1) is 11.9 Å². The summed E-state index contributed by atoms with van der Waals surface area (Å²) in [6.07, 6.45) is 6.63. The summed E-state index contributed by atoms with van der Waals surface area (Å²) in [6.45, 7) is 4.57. The standard InChI is InChI=1S/C13H20BrN3O/c1-13(2)7-5-4-6-10(13)16-9-8-15-17(3)12(18)11(9)14/h8,10,16H,4-7H2,1-3H3. The fourth-order valence-corrected chi connectivity index (χ4v) is 3.03. The normalized spacial score (nSPS) is 22.8. The van der Waals surface area contributed by atoms with Crippen molar-refractivity contribution in [2.75, 3.05) is 5.32 Å². The summed E-state index contributed by atoms with van der Waals surface area (Å²) in [5.74, 6) is 0. The lowest BCUT2D eigenvalue weighted by Crippen LogP contribution is -2.39. The van der Waals surface area contributed by atoms with Crippen molar-refractivity contribution in [3.63, 3.8) is 0 Å². The van der Waals surface area contributed by atoms with Crippen LogP contribution in [0.25, 0.3) is 0 Å². The topological polar surface area (TPSA) is 46.9 Å². The molecule has 0 aromatic carbocycles. The summed E-state index contributed by atoms with van der Waals surface area (Å²) in [5, 5.41) is 7.55. The van der Waals surface area contributed by atoms with E-state index in [0.29, 0.717) is 10.5 Å². The monoisotopic (exact) mass is 313 g/mol. The summed E-state index contributed by atoms with van der Waals surface area (Å²) >= 11 is 3.36. The Morgan fingerprint density at radius 2 is 2.22 bits per heavy atom. The number of rotatable bonds is 2. The lowest BCUT2D eigenvalue weighted by Gasteiger charge is -2.39. The second-order valence-electron chi connectivity index (χ2n) is 5.73. The van der Waals surface area contributed by atoms with E-state index in [9.17, 15) is 4.79 Å². The van der Waals surface area contributed by atoms with Crippen LogP contribution in [0.3, 0.4) is 0 Å². The van der Waals surface area contributed by atoms with E-state index >= 15 is 0 Å². The van der Waals surface area contributed by atoms with Crippen LogP contribution < -0.4 is 10.9 Å². The third-order valence-electron chi connectivity index (χ3n) is 3.92. The third kappa shape index (κ3) is 2.60. The van der Waals surface area contributed by atoms with Gasteiger partial charge in [-0.15, -0.1) is 0 Å². The first-order valence-electron chi connectivity index (χ1n) is 6.40. The van der Waals surface area contributed by atoms with Crippen molar-refractivity contribution in [2.45, 2.75) is 45.6 Å². The summed E-state index contributed by atoms with van der Waals surface area (Å²) in [4.78, 5) is 11.8. The summed E-state index contributed by atoms with van der Waals surface area (Å²) < 4.78 is 1.91. The molecule has 1 aliphatic carbocycles. The lowest BCUT2D eigenvalue weighted by atomic mass is 9.73. The van der Waals surface area contributed by atoms with Gasteiger partial charge < -0.3 is 5.32 Å². The van der Waals surface area contributed by atoms with Gasteiger partial charge in [-0.25, -0.2) is 4.68 Å². The maximum Gasteiger partial charge on any atom is 0.282 e. The molecule has 0 radical (unpaired) electrons. The average Bonchev–Trinajstić information content (AvgIpc) is 2.32. The molecule has 0 spiro atoms. The minimum Gasteiger partial charge on any atom is -0.379 e. The van der Waals surface area contributed by atoms with Gasteiger partial charge in [-0.1, -0.05) is 26.7 Å². The Morgan fingerprint density at radius 1 is 1.50 bits per heavy atom. The number of nitrogens with zero attached hydrogens (tertiary/aromatic N) is 2. The molecular formula is C13H20BrN3O. The molecule has 1 aliphatic rings. The van der Waals surface area contributed by atoms with Gasteiger partial charge in [0.15, 0.2) is 0 Å². The average molecular weight is 314 g/mol. The van der Waals surface area contributed by atoms with Gasteiger partial charge in [0.2, 0.25) is 0 Å². The minimum absolute atomic E-state index is 0.103. The van der Waals surface area contributed by atoms with E-state index in [2.05, 4.69) is 40.2 Å². The van der Waals surface area contributed by atoms with Gasteiger partial charge in [-0.3, -0.25) is 4.79 Å². The predicted octanol–water partition coefficient (Wildman–Crippen LogP) is 2.92. The van der Waals surface area contributed by atoms with E-state index in [4.69, 9.17) is 0 Å². The van der Waals surface area contributed by atoms with E-state index in [-0.39, 0.29) is 11.0 Å². The molecule has 0 bridgehead atoms. The Bertz CT molecular complexity index is 495. The molecular weight excluding hydrogens is 294 g/mol. The number of hydrogen-bond donors (Lipinski definition) is 1. The molecule has 1 unspecified atom stereocenters. The molecule has 2 rings (SSSR count). The highest BCUT2D eigenvalue weighted by molar-refractivity contribution is 9.10. The molecule has 4 nitrogen and oxygen atoms in total. The van der Waals surface area contributed by atoms with E-state index in [0.717, 1.165) is 12.1 Å².